The molecule has 30 heterocycles. The van der Waals surface area contributed by atoms with E-state index in [1.807, 2.05) is 0 Å². The summed E-state index contributed by atoms with van der Waals surface area (Å²) in [6.45, 7) is -8.63. The van der Waals surface area contributed by atoms with E-state index < -0.39 is 298 Å². The molecule has 39 nitrogen and oxygen atoms in total. The second-order valence-corrected chi connectivity index (χ2v) is 22.5. The van der Waals surface area contributed by atoms with Crippen molar-refractivity contribution in [1.82, 2.24) is 0 Å². The average molecular weight is 1280 g/mol. The van der Waals surface area contributed by atoms with Gasteiger partial charge in [0.05, 0.1) is 71.2 Å². The van der Waals surface area contributed by atoms with Gasteiger partial charge in [-0.2, -0.15) is 0 Å². The largest absolute Gasteiger partial charge is 0.394 e. The van der Waals surface area contributed by atoms with Crippen LogP contribution in [0.25, 0.3) is 0 Å². The fraction of sp³-hybridized carbons (Fsp3) is 1.00. The van der Waals surface area contributed by atoms with Gasteiger partial charge in [0.25, 0.3) is 0 Å². The molecule has 30 aliphatic rings. The lowest BCUT2D eigenvalue weighted by molar-refractivity contribution is -0.398. The summed E-state index contributed by atoms with van der Waals surface area (Å²) in [5.74, 6) is -1.75. The molecule has 6 unspecified atom stereocenters. The molecule has 30 aliphatic heterocycles. The van der Waals surface area contributed by atoms with Crippen LogP contribution in [-0.4, -0.2) is 415 Å². The summed E-state index contributed by atoms with van der Waals surface area (Å²) in [7, 11) is 0. The minimum atomic E-state index is -2.25. The maximum absolute atomic E-state index is 11.6. The van der Waals surface area contributed by atoms with Crippen molar-refractivity contribution < 1.29 is 194 Å². The Morgan fingerprint density at radius 1 is 0.149 bits per heavy atom. The topological polar surface area (TPSA) is 624 Å². The predicted octanol–water partition coefficient (Wildman–Crippen LogP) is -17.1. The van der Waals surface area contributed by atoms with Gasteiger partial charge in [0.15, 0.2) is 44.0 Å². The van der Waals surface area contributed by atoms with Crippen molar-refractivity contribution in [3.8, 4) is 0 Å². The summed E-state index contributed by atoms with van der Waals surface area (Å²) in [6.07, 6.45) is -79.7. The van der Waals surface area contributed by atoms with Gasteiger partial charge in [-0.3, -0.25) is 0 Å². The van der Waals surface area contributed by atoms with Crippen LogP contribution in [0.1, 0.15) is 0 Å². The number of hydrogen-bond donors (Lipinski definition) is 24. The van der Waals surface area contributed by atoms with E-state index >= 15 is 0 Å². The molecule has 0 saturated carbocycles. The molecule has 30 rings (SSSR count). The molecule has 0 aliphatic carbocycles. The zero-order chi connectivity index (χ0) is 63.4. The number of ether oxygens (including phenoxy) is 15. The third kappa shape index (κ3) is 13.5. The van der Waals surface area contributed by atoms with Gasteiger partial charge in [-0.15, -0.1) is 0 Å². The monoisotopic (exact) mass is 1280 g/mol. The Morgan fingerprint density at radius 2 is 0.299 bits per heavy atom. The Kier molecular flexibility index (Phi) is 23.6. The van der Waals surface area contributed by atoms with Crippen LogP contribution in [0, 0.1) is 5.92 Å². The summed E-state index contributed by atoms with van der Waals surface area (Å²) < 4.78 is 85.8. The van der Waals surface area contributed by atoms with E-state index in [2.05, 4.69) is 0 Å². The Bertz CT molecular complexity index is 2120. The zero-order valence-corrected chi connectivity index (χ0v) is 45.6. The first-order chi connectivity index (χ1) is 41.4. The van der Waals surface area contributed by atoms with E-state index in [9.17, 15) is 123 Å². The van der Waals surface area contributed by atoms with Gasteiger partial charge in [0.1, 0.15) is 177 Å². The van der Waals surface area contributed by atoms with Crippen LogP contribution >= 0.6 is 0 Å². The molecule has 30 fully saturated rings. The highest BCUT2D eigenvalue weighted by Crippen LogP contribution is 2.42. The van der Waals surface area contributed by atoms with Crippen molar-refractivity contribution in [3.05, 3.63) is 0 Å². The summed E-state index contributed by atoms with van der Waals surface area (Å²) >= 11 is 0. The third-order valence-corrected chi connectivity index (χ3v) is 17.2. The molecule has 40 atom stereocenters. The van der Waals surface area contributed by atoms with Crippen molar-refractivity contribution in [2.24, 2.45) is 5.92 Å². The molecule has 0 amide bonds. The molecule has 30 saturated heterocycles. The summed E-state index contributed by atoms with van der Waals surface area (Å²) in [6, 6.07) is 0. The van der Waals surface area contributed by atoms with Crippen LogP contribution in [0.4, 0.5) is 0 Å². The van der Waals surface area contributed by atoms with Crippen LogP contribution in [0.3, 0.4) is 0 Å². The van der Waals surface area contributed by atoms with Gasteiger partial charge >= 0.3 is 0 Å². The highest BCUT2D eigenvalue weighted by molar-refractivity contribution is 5.05. The number of rotatable bonds is 8. The molecule has 0 aromatic heterocycles. The van der Waals surface area contributed by atoms with E-state index in [0.29, 0.717) is 0 Å². The second-order valence-electron chi connectivity index (χ2n) is 22.5. The van der Waals surface area contributed by atoms with E-state index in [-0.39, 0.29) is 0 Å². The molecule has 0 spiro atoms. The number of hydrogen-bond acceptors (Lipinski definition) is 39. The summed E-state index contributed by atoms with van der Waals surface area (Å²) in [5, 5.41) is 266. The second kappa shape index (κ2) is 29.4. The first-order valence-electron chi connectivity index (χ1n) is 28.0. The fourth-order valence-corrected chi connectivity index (χ4v) is 12.3. The highest BCUT2D eigenvalue weighted by atomic mass is 16.8. The fourth-order valence-electron chi connectivity index (χ4n) is 12.3. The van der Waals surface area contributed by atoms with Crippen molar-refractivity contribution in [1.29, 1.82) is 0 Å². The normalized spacial score (nSPS) is 55.7. The summed E-state index contributed by atoms with van der Waals surface area (Å²) in [5.41, 5.74) is 0. The quantitative estimate of drug-likeness (QED) is 0.107. The van der Waals surface area contributed by atoms with Crippen LogP contribution in [0.15, 0.2) is 0 Å². The van der Waals surface area contributed by atoms with Gasteiger partial charge in [-0.05, 0) is 0 Å². The van der Waals surface area contributed by atoms with E-state index in [1.54, 1.807) is 0 Å². The molecule has 0 aromatic rings. The Morgan fingerprint density at radius 3 is 0.494 bits per heavy atom. The molecule has 506 valence electrons. The van der Waals surface area contributed by atoms with E-state index in [0.717, 1.165) is 0 Å². The smallest absolute Gasteiger partial charge is 0.187 e. The molecule has 87 heavy (non-hydrogen) atoms. The van der Waals surface area contributed by atoms with Crippen LogP contribution in [0.2, 0.25) is 0 Å². The maximum atomic E-state index is 11.6. The molecule has 0 radical (unpaired) electrons. The standard InChI is InChI=1S/C48H80O39/c49-1-9-17-18(57)27(66)42(74-9)82-35-11(3-51)76-44(29(68)21(35)60)84-37-13(5-53)78-46(31(70)23(37)62)86-39-15(7-55)80-48(33(72)25(39)64)87-40-16(8-56)79-47(32(71)26(40)65)85-38-14(6-54)77-45(30(69)24(38)63)83-36-12(4-52)75-43(28(67)22(36)61)81-34-10(2-50)73-41(17)20(59)19(34)58/h9-72H,1-8H2/t9?,10-,11-,12-,13-,14-,15-,16-,17?,18+,19-,20-,21-,22-,23-,24-,25-,26-,27-,28-,29-,30-,31-,32-,33-,34?,35-,36-,37-,38-,39-,40-,41?,42?,43?,44-,45-,46-,47-,48-/m1/s1. The van der Waals surface area contributed by atoms with Crippen molar-refractivity contribution in [3.63, 3.8) is 0 Å². The van der Waals surface area contributed by atoms with Gasteiger partial charge in [0.2, 0.25) is 0 Å². The van der Waals surface area contributed by atoms with Gasteiger partial charge < -0.3 is 194 Å². The molecular formula is C48H80O39. The maximum Gasteiger partial charge on any atom is 0.187 e. The van der Waals surface area contributed by atoms with Gasteiger partial charge in [-0.25, -0.2) is 0 Å². The van der Waals surface area contributed by atoms with Gasteiger partial charge in [0, 0.05) is 5.92 Å². The highest BCUT2D eigenvalue weighted by Gasteiger charge is 2.61. The molecule has 24 N–H and O–H groups in total. The van der Waals surface area contributed by atoms with Gasteiger partial charge in [-0.1, -0.05) is 0 Å². The van der Waals surface area contributed by atoms with E-state index in [1.165, 1.54) is 0 Å². The third-order valence-electron chi connectivity index (χ3n) is 17.2. The first-order valence-corrected chi connectivity index (χ1v) is 28.0. The van der Waals surface area contributed by atoms with Crippen molar-refractivity contribution in [2.75, 3.05) is 52.9 Å². The lowest BCUT2D eigenvalue weighted by atomic mass is 9.78. The SMILES string of the molecule is OCC1OC2O[C@H]3[C@H](O)[C@@H](O)[C@@H](O[C@H]4[C@H](O)[C@@H](O)[C@@H](O[C@H]5[C@H](O)[C@@H](O)[C@@H](O[C@H]6[C@H](O)[C@@H](O)[C@@H](O[C@H]7[C@H](O)[C@@H](O)[C@@H](O[C@H]8[C@H](O)[C@@H](O)C(OC9[C@@H](CO)OC(C1[C@H](O)[C@H]2O)[C@H](O)[C@H]9O)O[C@@H]8CO)O[C@@H]7CO)O[C@@H]6CO)O[C@@H]5CO)O[C@@H]4CO)O[C@@H]3CO. The van der Waals surface area contributed by atoms with E-state index in [4.69, 9.17) is 71.1 Å². The van der Waals surface area contributed by atoms with Crippen molar-refractivity contribution >= 4 is 0 Å². The number of aliphatic hydroxyl groups excluding tert-OH is 24. The first kappa shape index (κ1) is 69.8. The molecular weight excluding hydrogens is 1200 g/mol. The average Bonchev–Trinajstić information content (AvgIpc) is 1.56. The Labute approximate surface area is 491 Å². The number of aliphatic hydroxyl groups is 24. The predicted molar refractivity (Wildman–Crippen MR) is 260 cm³/mol. The zero-order valence-electron chi connectivity index (χ0n) is 45.6. The van der Waals surface area contributed by atoms with Crippen LogP contribution in [0.5, 0.6) is 0 Å². The van der Waals surface area contributed by atoms with Crippen LogP contribution in [-0.2, 0) is 71.1 Å². The Hall–Kier alpha value is -1.56. The minimum absolute atomic E-state index is 1.07. The molecule has 0 aromatic carbocycles. The lowest BCUT2D eigenvalue weighted by Crippen LogP contribution is -2.70. The molecule has 16 bridgehead atoms. The lowest BCUT2D eigenvalue weighted by Gasteiger charge is -2.52. The summed E-state index contributed by atoms with van der Waals surface area (Å²) in [4.78, 5) is 0. The van der Waals surface area contributed by atoms with Crippen LogP contribution < -0.4 is 0 Å². The minimum Gasteiger partial charge on any atom is -0.394 e. The molecule has 39 heteroatoms. The Balaban J connectivity index is 0.990. The van der Waals surface area contributed by atoms with Crippen molar-refractivity contribution in [2.45, 2.75) is 239 Å².